The Bertz CT molecular complexity index is 878. The van der Waals surface area contributed by atoms with Crippen LogP contribution in [0.1, 0.15) is 37.0 Å². The lowest BCUT2D eigenvalue weighted by Crippen LogP contribution is -2.45. The molecule has 1 saturated carbocycles. The van der Waals surface area contributed by atoms with Gasteiger partial charge < -0.3 is 23.8 Å². The number of aliphatic hydroxyl groups excluding tert-OH is 1. The summed E-state index contributed by atoms with van der Waals surface area (Å²) in [7, 11) is 0. The van der Waals surface area contributed by atoms with E-state index in [0.29, 0.717) is 33.8 Å². The molecule has 3 heterocycles. The third-order valence-corrected chi connectivity index (χ3v) is 6.57. The van der Waals surface area contributed by atoms with E-state index < -0.39 is 11.7 Å². The number of aliphatic hydroxyl groups is 1. The summed E-state index contributed by atoms with van der Waals surface area (Å²) in [4.78, 5) is 0. The lowest BCUT2D eigenvalue weighted by Gasteiger charge is -2.28. The Balaban J connectivity index is 1.45. The topological polar surface area (TPSA) is 74.0 Å². The molecular formula is C20H21Cl2NO5. The predicted molar refractivity (Wildman–Crippen MR) is 103 cm³/mol. The zero-order valence-electron chi connectivity index (χ0n) is 15.4. The van der Waals surface area contributed by atoms with Crippen molar-refractivity contribution < 1.29 is 23.8 Å². The number of nitrogens with zero attached hydrogens (tertiary/aromatic N) is 1. The minimum Gasteiger partial charge on any atom is -0.388 e. The van der Waals surface area contributed by atoms with Crippen LogP contribution in [0.3, 0.4) is 0 Å². The summed E-state index contributed by atoms with van der Waals surface area (Å²) in [5.74, 6) is 1.19. The normalized spacial score (nSPS) is 32.1. The number of ether oxygens (including phenoxy) is 3. The third-order valence-electron chi connectivity index (χ3n) is 5.94. The van der Waals surface area contributed by atoms with Crippen LogP contribution in [-0.4, -0.2) is 47.4 Å². The number of fused-ring (bicyclic) bond motifs is 1. The lowest BCUT2D eigenvalue weighted by molar-refractivity contribution is -0.0972. The van der Waals surface area contributed by atoms with Crippen molar-refractivity contribution in [3.05, 3.63) is 39.6 Å². The Hall–Kier alpha value is -1.15. The van der Waals surface area contributed by atoms with Crippen LogP contribution < -0.4 is 0 Å². The van der Waals surface area contributed by atoms with E-state index in [0.717, 1.165) is 24.2 Å². The summed E-state index contributed by atoms with van der Waals surface area (Å²) in [5, 5.41) is 15.4. The highest BCUT2D eigenvalue weighted by atomic mass is 35.5. The molecule has 1 aliphatic carbocycles. The number of benzene rings is 1. The summed E-state index contributed by atoms with van der Waals surface area (Å²) in [6.07, 6.45) is 0.833. The highest BCUT2D eigenvalue weighted by molar-refractivity contribution is 6.39. The van der Waals surface area contributed by atoms with E-state index in [1.807, 2.05) is 6.92 Å². The molecule has 3 aliphatic rings. The fourth-order valence-corrected chi connectivity index (χ4v) is 4.75. The van der Waals surface area contributed by atoms with Crippen LogP contribution in [0, 0.1) is 0 Å². The molecule has 28 heavy (non-hydrogen) atoms. The van der Waals surface area contributed by atoms with Crippen LogP contribution in [0.25, 0.3) is 11.3 Å². The van der Waals surface area contributed by atoms with Gasteiger partial charge >= 0.3 is 0 Å². The maximum Gasteiger partial charge on any atom is 0.145 e. The van der Waals surface area contributed by atoms with Gasteiger partial charge in [0.25, 0.3) is 0 Å². The van der Waals surface area contributed by atoms with Crippen molar-refractivity contribution in [2.75, 3.05) is 13.2 Å². The summed E-state index contributed by atoms with van der Waals surface area (Å²) >= 11 is 12.8. The van der Waals surface area contributed by atoms with Gasteiger partial charge in [-0.15, -0.1) is 0 Å². The second kappa shape index (κ2) is 6.97. The Morgan fingerprint density at radius 1 is 1.25 bits per heavy atom. The van der Waals surface area contributed by atoms with Crippen LogP contribution in [0.4, 0.5) is 0 Å². The van der Waals surface area contributed by atoms with Crippen LogP contribution >= 0.6 is 23.2 Å². The van der Waals surface area contributed by atoms with Gasteiger partial charge in [0.1, 0.15) is 35.4 Å². The Morgan fingerprint density at radius 2 is 2.00 bits per heavy atom. The van der Waals surface area contributed by atoms with E-state index in [4.69, 9.17) is 41.9 Å². The van der Waals surface area contributed by atoms with Crippen molar-refractivity contribution in [1.82, 2.24) is 5.16 Å². The van der Waals surface area contributed by atoms with Crippen molar-refractivity contribution in [2.45, 2.75) is 56.2 Å². The standard InChI is InChI=1S/C20H21Cl2NO5/c1-20-15(9-26-19(20)14(24)8-27-20)25-7-11-17(23-28-18(11)10-5-6-10)16-12(21)3-2-4-13(16)22/h2-4,10,14-15,19,24H,5-9H2,1H3/t14-,15+,19+,20+/m0/s1. The number of hydrogen-bond donors (Lipinski definition) is 1. The molecule has 1 aromatic heterocycles. The van der Waals surface area contributed by atoms with Gasteiger partial charge in [-0.2, -0.15) is 0 Å². The first kappa shape index (κ1) is 18.9. The van der Waals surface area contributed by atoms with Crippen molar-refractivity contribution in [3.63, 3.8) is 0 Å². The molecular weight excluding hydrogens is 405 g/mol. The number of hydrogen-bond acceptors (Lipinski definition) is 6. The fraction of sp³-hybridized carbons (Fsp3) is 0.550. The average Bonchev–Trinajstić information content (AvgIpc) is 3.25. The van der Waals surface area contributed by atoms with Gasteiger partial charge in [0, 0.05) is 17.0 Å². The van der Waals surface area contributed by atoms with Gasteiger partial charge in [0.2, 0.25) is 0 Å². The molecule has 0 bridgehead atoms. The third kappa shape index (κ3) is 2.98. The van der Waals surface area contributed by atoms with E-state index in [2.05, 4.69) is 5.16 Å². The number of rotatable bonds is 5. The number of aromatic nitrogens is 1. The highest BCUT2D eigenvalue weighted by Crippen LogP contribution is 2.47. The molecule has 2 saturated heterocycles. The summed E-state index contributed by atoms with van der Waals surface area (Å²) in [5.41, 5.74) is 1.46. The lowest BCUT2D eigenvalue weighted by atomic mass is 9.94. The van der Waals surface area contributed by atoms with Gasteiger partial charge in [-0.1, -0.05) is 34.4 Å². The van der Waals surface area contributed by atoms with Crippen LogP contribution in [0.5, 0.6) is 0 Å². The minimum absolute atomic E-state index is 0.252. The average molecular weight is 426 g/mol. The number of halogens is 2. The van der Waals surface area contributed by atoms with Crippen molar-refractivity contribution in [2.24, 2.45) is 0 Å². The maximum absolute atomic E-state index is 10.1. The van der Waals surface area contributed by atoms with Crippen molar-refractivity contribution >= 4 is 23.2 Å². The molecule has 1 N–H and O–H groups in total. The van der Waals surface area contributed by atoms with Gasteiger partial charge in [-0.05, 0) is 31.9 Å². The molecule has 5 rings (SSSR count). The SMILES string of the molecule is C[C@]12OC[C@H](O)[C@H]1OC[C@H]2OCc1c(-c2c(Cl)cccc2Cl)noc1C1CC1. The van der Waals surface area contributed by atoms with Crippen molar-refractivity contribution in [1.29, 1.82) is 0 Å². The second-order valence-electron chi connectivity index (χ2n) is 7.86. The molecule has 2 aromatic rings. The zero-order valence-corrected chi connectivity index (χ0v) is 16.9. The quantitative estimate of drug-likeness (QED) is 0.781. The Labute approximate surface area is 172 Å². The van der Waals surface area contributed by atoms with E-state index in [1.165, 1.54) is 0 Å². The molecule has 1 aromatic carbocycles. The van der Waals surface area contributed by atoms with Crippen LogP contribution in [0.15, 0.2) is 22.7 Å². The van der Waals surface area contributed by atoms with E-state index in [1.54, 1.807) is 18.2 Å². The summed E-state index contributed by atoms with van der Waals surface area (Å²) in [6, 6.07) is 5.36. The Kier molecular flexibility index (Phi) is 4.69. The Morgan fingerprint density at radius 3 is 2.71 bits per heavy atom. The van der Waals surface area contributed by atoms with Gasteiger partial charge in [-0.3, -0.25) is 0 Å². The zero-order chi connectivity index (χ0) is 19.5. The van der Waals surface area contributed by atoms with Gasteiger partial charge in [0.15, 0.2) is 0 Å². The molecule has 0 unspecified atom stereocenters. The predicted octanol–water partition coefficient (Wildman–Crippen LogP) is 3.96. The molecule has 150 valence electrons. The van der Waals surface area contributed by atoms with Gasteiger partial charge in [0.05, 0.1) is 29.9 Å². The molecule has 0 amide bonds. The first-order chi connectivity index (χ1) is 13.5. The smallest absolute Gasteiger partial charge is 0.145 e. The monoisotopic (exact) mass is 425 g/mol. The van der Waals surface area contributed by atoms with E-state index in [9.17, 15) is 5.11 Å². The van der Waals surface area contributed by atoms with E-state index in [-0.39, 0.29) is 25.4 Å². The molecule has 3 fully saturated rings. The molecule has 2 aliphatic heterocycles. The maximum atomic E-state index is 10.1. The molecule has 0 spiro atoms. The second-order valence-corrected chi connectivity index (χ2v) is 8.68. The van der Waals surface area contributed by atoms with Crippen molar-refractivity contribution in [3.8, 4) is 11.3 Å². The molecule has 4 atom stereocenters. The van der Waals surface area contributed by atoms with Crippen LogP contribution in [-0.2, 0) is 20.8 Å². The first-order valence-corrected chi connectivity index (χ1v) is 10.2. The van der Waals surface area contributed by atoms with E-state index >= 15 is 0 Å². The minimum atomic E-state index is -0.668. The molecule has 8 heteroatoms. The first-order valence-electron chi connectivity index (χ1n) is 9.47. The highest BCUT2D eigenvalue weighted by Gasteiger charge is 2.57. The fourth-order valence-electron chi connectivity index (χ4n) is 4.17. The largest absolute Gasteiger partial charge is 0.388 e. The molecule has 6 nitrogen and oxygen atoms in total. The summed E-state index contributed by atoms with van der Waals surface area (Å²) < 4.78 is 23.5. The summed E-state index contributed by atoms with van der Waals surface area (Å²) in [6.45, 7) is 2.82. The molecule has 0 radical (unpaired) electrons. The van der Waals surface area contributed by atoms with Gasteiger partial charge in [-0.25, -0.2) is 0 Å². The van der Waals surface area contributed by atoms with Crippen LogP contribution in [0.2, 0.25) is 10.0 Å².